The van der Waals surface area contributed by atoms with Crippen LogP contribution in [0, 0.1) is 37.5 Å². The maximum Gasteiger partial charge on any atom is 0.255 e. The van der Waals surface area contributed by atoms with E-state index in [1.54, 1.807) is 18.3 Å². The Bertz CT molecular complexity index is 1150. The number of ether oxygens (including phenoxy) is 1. The van der Waals surface area contributed by atoms with Gasteiger partial charge >= 0.3 is 0 Å². The Hall–Kier alpha value is -3.68. The van der Waals surface area contributed by atoms with Gasteiger partial charge in [0, 0.05) is 22.6 Å². The van der Waals surface area contributed by atoms with Gasteiger partial charge < -0.3 is 15.0 Å². The van der Waals surface area contributed by atoms with Gasteiger partial charge in [0.2, 0.25) is 0 Å². The average Bonchev–Trinajstić information content (AvgIpc) is 3.50. The van der Waals surface area contributed by atoms with E-state index in [4.69, 9.17) is 10.5 Å². The number of nitrogens with zero attached hydrogens (tertiary/aromatic N) is 3. The lowest BCUT2D eigenvalue weighted by molar-refractivity contribution is -0.140. The van der Waals surface area contributed by atoms with Gasteiger partial charge in [-0.15, -0.1) is 0 Å². The van der Waals surface area contributed by atoms with E-state index in [1.807, 2.05) is 36.6 Å². The van der Waals surface area contributed by atoms with E-state index in [1.165, 1.54) is 0 Å². The summed E-state index contributed by atoms with van der Waals surface area (Å²) in [5, 5.41) is 5.37. The van der Waals surface area contributed by atoms with Crippen molar-refractivity contribution in [3.63, 3.8) is 0 Å². The van der Waals surface area contributed by atoms with E-state index in [9.17, 15) is 14.4 Å². The smallest absolute Gasteiger partial charge is 0.255 e. The zero-order valence-electron chi connectivity index (χ0n) is 17.9. The highest BCUT2D eigenvalue weighted by atomic mass is 16.5. The number of rotatable bonds is 6. The van der Waals surface area contributed by atoms with Crippen molar-refractivity contribution in [1.82, 2.24) is 9.58 Å². The molecule has 1 aromatic carbocycles. The van der Waals surface area contributed by atoms with Crippen molar-refractivity contribution in [1.29, 1.82) is 0 Å². The summed E-state index contributed by atoms with van der Waals surface area (Å²) in [4.78, 5) is 36.5. The quantitative estimate of drug-likeness (QED) is 0.428. The minimum atomic E-state index is -0.530. The molecular formula is C24H24N4O4. The topological polar surface area (TPSA) is 107 Å². The second-order valence-corrected chi connectivity index (χ2v) is 8.64. The van der Waals surface area contributed by atoms with Gasteiger partial charge in [0.25, 0.3) is 17.7 Å². The summed E-state index contributed by atoms with van der Waals surface area (Å²) >= 11 is 0. The number of carbonyl (C=O) groups is 3. The van der Waals surface area contributed by atoms with E-state index in [2.05, 4.69) is 17.3 Å². The van der Waals surface area contributed by atoms with Crippen molar-refractivity contribution >= 4 is 23.9 Å². The van der Waals surface area contributed by atoms with Crippen LogP contribution < -0.4 is 10.5 Å². The summed E-state index contributed by atoms with van der Waals surface area (Å²) in [5.41, 5.74) is 8.76. The molecule has 2 fully saturated rings. The third kappa shape index (κ3) is 3.14. The minimum Gasteiger partial charge on any atom is -0.484 e. The summed E-state index contributed by atoms with van der Waals surface area (Å²) < 4.78 is 7.36. The summed E-state index contributed by atoms with van der Waals surface area (Å²) in [6.07, 6.45) is 6.64. The summed E-state index contributed by atoms with van der Waals surface area (Å²) in [6.45, 7) is 3.76. The number of allylic oxidation sites excluding steroid dienone is 2. The van der Waals surface area contributed by atoms with Crippen LogP contribution in [0.4, 0.5) is 0 Å². The minimum absolute atomic E-state index is 0.168. The Kier molecular flexibility index (Phi) is 4.73. The van der Waals surface area contributed by atoms with Crippen molar-refractivity contribution in [2.45, 2.75) is 20.3 Å². The summed E-state index contributed by atoms with van der Waals surface area (Å²) in [6, 6.07) is 9.28. The Labute approximate surface area is 185 Å². The van der Waals surface area contributed by atoms with Gasteiger partial charge in [-0.05, 0) is 62.4 Å². The molecule has 164 valence electrons. The molecule has 0 radical (unpaired) electrons. The lowest BCUT2D eigenvalue weighted by Crippen LogP contribution is -2.28. The van der Waals surface area contributed by atoms with Gasteiger partial charge in [-0.2, -0.15) is 10.1 Å². The second kappa shape index (κ2) is 7.47. The van der Waals surface area contributed by atoms with Gasteiger partial charge in [-0.3, -0.25) is 14.4 Å². The van der Waals surface area contributed by atoms with Crippen molar-refractivity contribution in [2.75, 3.05) is 6.61 Å². The summed E-state index contributed by atoms with van der Waals surface area (Å²) in [7, 11) is 0. The Morgan fingerprint density at radius 3 is 2.34 bits per heavy atom. The predicted octanol–water partition coefficient (Wildman–Crippen LogP) is 2.10. The Morgan fingerprint density at radius 1 is 1.12 bits per heavy atom. The molecule has 8 heteroatoms. The van der Waals surface area contributed by atoms with Crippen molar-refractivity contribution in [2.24, 2.45) is 34.5 Å². The molecule has 2 N–H and O–H groups in total. The molecule has 1 saturated heterocycles. The highest BCUT2D eigenvalue weighted by Gasteiger charge is 2.59. The molecule has 0 spiro atoms. The first kappa shape index (κ1) is 20.2. The number of amides is 3. The fourth-order valence-electron chi connectivity index (χ4n) is 5.28. The molecular weight excluding hydrogens is 408 g/mol. The van der Waals surface area contributed by atoms with Crippen LogP contribution in [0.5, 0.6) is 5.75 Å². The standard InChI is InChI=1S/C24H24N4O4/c1-13-9-17(14(2)27(13)18-5-7-19(8-6-18)32-12-20(25)29)11-26-28-23(30)21-15-3-4-16(10-15)22(21)24(28)31/h3-9,11,15-16,21-22H,10,12H2,1-2H3,(H2,25,29). The first-order valence-electron chi connectivity index (χ1n) is 10.7. The van der Waals surface area contributed by atoms with Crippen LogP contribution in [0.15, 0.2) is 47.6 Å². The van der Waals surface area contributed by atoms with Crippen LogP contribution in [0.3, 0.4) is 0 Å². The molecule has 2 aromatic rings. The lowest BCUT2D eigenvalue weighted by Gasteiger charge is -2.13. The number of aryl methyl sites for hydroxylation is 1. The van der Waals surface area contributed by atoms with Crippen molar-refractivity contribution in [3.8, 4) is 11.4 Å². The maximum absolute atomic E-state index is 12.8. The number of imide groups is 1. The number of hydrazone groups is 1. The molecule has 4 atom stereocenters. The molecule has 1 aliphatic heterocycles. The van der Waals surface area contributed by atoms with Gasteiger partial charge in [0.15, 0.2) is 6.61 Å². The predicted molar refractivity (Wildman–Crippen MR) is 117 cm³/mol. The largest absolute Gasteiger partial charge is 0.484 e. The van der Waals surface area contributed by atoms with E-state index in [0.29, 0.717) is 5.75 Å². The molecule has 8 nitrogen and oxygen atoms in total. The van der Waals surface area contributed by atoms with Crippen LogP contribution in [-0.4, -0.2) is 40.1 Å². The van der Waals surface area contributed by atoms with Gasteiger partial charge in [-0.1, -0.05) is 12.2 Å². The van der Waals surface area contributed by atoms with E-state index in [-0.39, 0.29) is 42.1 Å². The normalized spacial score (nSPS) is 25.9. The number of primary amides is 1. The van der Waals surface area contributed by atoms with Crippen LogP contribution >= 0.6 is 0 Å². The first-order chi connectivity index (χ1) is 15.3. The van der Waals surface area contributed by atoms with Gasteiger partial charge in [0.1, 0.15) is 5.75 Å². The van der Waals surface area contributed by atoms with Crippen LogP contribution in [0.1, 0.15) is 23.4 Å². The zero-order chi connectivity index (χ0) is 22.6. The summed E-state index contributed by atoms with van der Waals surface area (Å²) in [5.74, 6) is -0.519. The maximum atomic E-state index is 12.8. The number of carbonyl (C=O) groups excluding carboxylic acids is 3. The number of aromatic nitrogens is 1. The number of hydrogen-bond donors (Lipinski definition) is 1. The third-order valence-corrected chi connectivity index (χ3v) is 6.71. The second-order valence-electron chi connectivity index (χ2n) is 8.64. The molecule has 5 rings (SSSR count). The van der Waals surface area contributed by atoms with E-state index in [0.717, 1.165) is 34.1 Å². The highest BCUT2D eigenvalue weighted by Crippen LogP contribution is 2.52. The fourth-order valence-corrected chi connectivity index (χ4v) is 5.28. The number of nitrogens with two attached hydrogens (primary N) is 1. The highest BCUT2D eigenvalue weighted by molar-refractivity contribution is 6.06. The first-order valence-corrected chi connectivity index (χ1v) is 10.7. The zero-order valence-corrected chi connectivity index (χ0v) is 17.9. The van der Waals surface area contributed by atoms with Crippen molar-refractivity contribution in [3.05, 3.63) is 59.4 Å². The van der Waals surface area contributed by atoms with Crippen LogP contribution in [0.25, 0.3) is 5.69 Å². The molecule has 4 unspecified atom stereocenters. The number of fused-ring (bicyclic) bond motifs is 5. The number of benzene rings is 1. The molecule has 1 saturated carbocycles. The number of hydrogen-bond acceptors (Lipinski definition) is 5. The van der Waals surface area contributed by atoms with Crippen molar-refractivity contribution < 1.29 is 19.1 Å². The van der Waals surface area contributed by atoms with E-state index < -0.39 is 5.91 Å². The average molecular weight is 432 g/mol. The molecule has 3 amide bonds. The SMILES string of the molecule is Cc1cc(C=NN2C(=O)C3C4C=CC(C4)C3C2=O)c(C)n1-c1ccc(OCC(N)=O)cc1. The molecule has 2 aliphatic carbocycles. The van der Waals surface area contributed by atoms with Gasteiger partial charge in [0.05, 0.1) is 18.1 Å². The molecule has 3 aliphatic rings. The molecule has 32 heavy (non-hydrogen) atoms. The third-order valence-electron chi connectivity index (χ3n) is 6.71. The lowest BCUT2D eigenvalue weighted by atomic mass is 9.85. The van der Waals surface area contributed by atoms with E-state index >= 15 is 0 Å². The van der Waals surface area contributed by atoms with Crippen LogP contribution in [-0.2, 0) is 14.4 Å². The fraction of sp³-hybridized carbons (Fsp3) is 0.333. The Morgan fingerprint density at radius 2 is 1.75 bits per heavy atom. The molecule has 1 aromatic heterocycles. The Balaban J connectivity index is 1.36. The van der Waals surface area contributed by atoms with Gasteiger partial charge in [-0.25, -0.2) is 0 Å². The molecule has 2 heterocycles. The van der Waals surface area contributed by atoms with Crippen LogP contribution in [0.2, 0.25) is 0 Å². The monoisotopic (exact) mass is 432 g/mol. The molecule has 2 bridgehead atoms.